The van der Waals surface area contributed by atoms with E-state index in [1.165, 1.54) is 0 Å². The molecule has 1 heterocycles. The Labute approximate surface area is 132 Å². The van der Waals surface area contributed by atoms with Gasteiger partial charge in [-0.15, -0.1) is 0 Å². The first-order valence-corrected chi connectivity index (χ1v) is 7.70. The van der Waals surface area contributed by atoms with E-state index in [4.69, 9.17) is 9.47 Å². The van der Waals surface area contributed by atoms with Crippen LogP contribution in [0.2, 0.25) is 0 Å². The Balaban J connectivity index is 2.06. The van der Waals surface area contributed by atoms with Gasteiger partial charge in [0.2, 0.25) is 5.91 Å². The molecule has 1 amide bonds. The monoisotopic (exact) mass is 306 g/mol. The Hall–Kier alpha value is -1.75. The summed E-state index contributed by atoms with van der Waals surface area (Å²) in [4.78, 5) is 14.8. The molecule has 1 aliphatic rings. The van der Waals surface area contributed by atoms with Crippen LogP contribution in [0.5, 0.6) is 5.75 Å². The van der Waals surface area contributed by atoms with Crippen LogP contribution in [0.15, 0.2) is 24.3 Å². The van der Waals surface area contributed by atoms with Crippen molar-refractivity contribution >= 4 is 11.6 Å². The van der Waals surface area contributed by atoms with E-state index in [9.17, 15) is 4.79 Å². The van der Waals surface area contributed by atoms with Crippen LogP contribution in [-0.4, -0.2) is 49.8 Å². The van der Waals surface area contributed by atoms with Gasteiger partial charge in [-0.1, -0.05) is 0 Å². The molecule has 5 nitrogen and oxygen atoms in total. The smallest absolute Gasteiger partial charge is 0.247 e. The van der Waals surface area contributed by atoms with Crippen LogP contribution in [0.25, 0.3) is 0 Å². The van der Waals surface area contributed by atoms with Gasteiger partial charge in [0.15, 0.2) is 0 Å². The molecular formula is C17H26N2O3. The molecule has 0 aromatic heterocycles. The summed E-state index contributed by atoms with van der Waals surface area (Å²) in [7, 11) is 3.32. The lowest BCUT2D eigenvalue weighted by atomic mass is 10.0. The maximum atomic E-state index is 12.9. The third kappa shape index (κ3) is 3.71. The van der Waals surface area contributed by atoms with Crippen molar-refractivity contribution in [1.29, 1.82) is 0 Å². The van der Waals surface area contributed by atoms with Crippen molar-refractivity contribution in [3.05, 3.63) is 24.3 Å². The van der Waals surface area contributed by atoms with Crippen molar-refractivity contribution in [1.82, 2.24) is 4.90 Å². The molecule has 0 unspecified atom stereocenters. The van der Waals surface area contributed by atoms with Gasteiger partial charge < -0.3 is 19.7 Å². The van der Waals surface area contributed by atoms with Crippen molar-refractivity contribution in [2.75, 3.05) is 32.7 Å². The van der Waals surface area contributed by atoms with E-state index in [1.807, 2.05) is 43.0 Å². The fourth-order valence-corrected chi connectivity index (χ4v) is 2.92. The molecule has 122 valence electrons. The van der Waals surface area contributed by atoms with Gasteiger partial charge in [-0.25, -0.2) is 0 Å². The lowest BCUT2D eigenvalue weighted by Crippen LogP contribution is -2.52. The van der Waals surface area contributed by atoms with E-state index in [1.54, 1.807) is 14.2 Å². The third-order valence-electron chi connectivity index (χ3n) is 4.08. The van der Waals surface area contributed by atoms with Crippen LogP contribution < -0.4 is 10.1 Å². The number of hydrogen-bond acceptors (Lipinski definition) is 4. The summed E-state index contributed by atoms with van der Waals surface area (Å²) >= 11 is 0. The maximum absolute atomic E-state index is 12.9. The number of methoxy groups -OCH3 is 2. The van der Waals surface area contributed by atoms with Crippen LogP contribution in [0.1, 0.15) is 26.7 Å². The number of nitrogens with zero attached hydrogens (tertiary/aromatic N) is 1. The zero-order chi connectivity index (χ0) is 16.2. The van der Waals surface area contributed by atoms with Crippen LogP contribution in [0.4, 0.5) is 5.69 Å². The SMILES string of the molecule is COC[C@@H]1CCCN1C(=O)C(C)(C)Nc1ccc(OC)cc1. The van der Waals surface area contributed by atoms with Crippen molar-refractivity contribution in [3.8, 4) is 5.75 Å². The fraction of sp³-hybridized carbons (Fsp3) is 0.588. The normalized spacial score (nSPS) is 18.4. The highest BCUT2D eigenvalue weighted by Crippen LogP contribution is 2.25. The van der Waals surface area contributed by atoms with Gasteiger partial charge in [-0.3, -0.25) is 4.79 Å². The summed E-state index contributed by atoms with van der Waals surface area (Å²) in [6.07, 6.45) is 2.05. The number of ether oxygens (including phenoxy) is 2. The molecule has 1 N–H and O–H groups in total. The minimum atomic E-state index is -0.662. The number of nitrogens with one attached hydrogen (secondary N) is 1. The van der Waals surface area contributed by atoms with Crippen molar-refractivity contribution in [2.45, 2.75) is 38.3 Å². The summed E-state index contributed by atoms with van der Waals surface area (Å²) in [5.41, 5.74) is 0.243. The summed E-state index contributed by atoms with van der Waals surface area (Å²) in [6, 6.07) is 7.79. The molecule has 1 aromatic rings. The van der Waals surface area contributed by atoms with E-state index in [2.05, 4.69) is 5.32 Å². The second kappa shape index (κ2) is 7.01. The topological polar surface area (TPSA) is 50.8 Å². The predicted octanol–water partition coefficient (Wildman–Crippen LogP) is 2.52. The number of amides is 1. The molecule has 2 rings (SSSR count). The van der Waals surface area contributed by atoms with Gasteiger partial charge in [0.05, 0.1) is 19.8 Å². The van der Waals surface area contributed by atoms with E-state index >= 15 is 0 Å². The molecule has 22 heavy (non-hydrogen) atoms. The zero-order valence-corrected chi connectivity index (χ0v) is 13.9. The summed E-state index contributed by atoms with van der Waals surface area (Å²) in [5, 5.41) is 3.32. The van der Waals surface area contributed by atoms with E-state index in [0.29, 0.717) is 6.61 Å². The number of rotatable bonds is 6. The van der Waals surface area contributed by atoms with Gasteiger partial charge in [-0.2, -0.15) is 0 Å². The van der Waals surface area contributed by atoms with E-state index < -0.39 is 5.54 Å². The number of anilines is 1. The minimum absolute atomic E-state index is 0.114. The Kier molecular flexibility index (Phi) is 5.29. The lowest BCUT2D eigenvalue weighted by Gasteiger charge is -2.34. The molecule has 1 aromatic carbocycles. The van der Waals surface area contributed by atoms with Gasteiger partial charge in [0.1, 0.15) is 11.3 Å². The second-order valence-electron chi connectivity index (χ2n) is 6.23. The highest BCUT2D eigenvalue weighted by molar-refractivity contribution is 5.89. The average Bonchev–Trinajstić information content (AvgIpc) is 2.95. The Morgan fingerprint density at radius 2 is 2.00 bits per heavy atom. The van der Waals surface area contributed by atoms with E-state index in [0.717, 1.165) is 30.8 Å². The first-order chi connectivity index (χ1) is 10.5. The van der Waals surface area contributed by atoms with Crippen LogP contribution in [0.3, 0.4) is 0 Å². The van der Waals surface area contributed by atoms with Gasteiger partial charge in [-0.05, 0) is 51.0 Å². The number of hydrogen-bond donors (Lipinski definition) is 1. The van der Waals surface area contributed by atoms with Gasteiger partial charge >= 0.3 is 0 Å². The molecule has 0 radical (unpaired) electrons. The standard InChI is InChI=1S/C17H26N2O3/c1-17(2,18-13-7-9-15(22-4)10-8-13)16(20)19-11-5-6-14(19)12-21-3/h7-10,14,18H,5-6,11-12H2,1-4H3/t14-/m0/s1. The average molecular weight is 306 g/mol. The minimum Gasteiger partial charge on any atom is -0.497 e. The predicted molar refractivity (Wildman–Crippen MR) is 87.3 cm³/mol. The molecule has 1 fully saturated rings. The first-order valence-electron chi connectivity index (χ1n) is 7.70. The second-order valence-corrected chi connectivity index (χ2v) is 6.23. The highest BCUT2D eigenvalue weighted by atomic mass is 16.5. The fourth-order valence-electron chi connectivity index (χ4n) is 2.92. The molecule has 0 spiro atoms. The van der Waals surface area contributed by atoms with Crippen molar-refractivity contribution in [3.63, 3.8) is 0 Å². The van der Waals surface area contributed by atoms with Gasteiger partial charge in [0.25, 0.3) is 0 Å². The Bertz CT molecular complexity index is 499. The van der Waals surface area contributed by atoms with Crippen molar-refractivity contribution in [2.24, 2.45) is 0 Å². The van der Waals surface area contributed by atoms with Gasteiger partial charge in [0, 0.05) is 19.3 Å². The Morgan fingerprint density at radius 1 is 1.32 bits per heavy atom. The largest absolute Gasteiger partial charge is 0.497 e. The molecule has 1 aliphatic heterocycles. The first kappa shape index (κ1) is 16.6. The maximum Gasteiger partial charge on any atom is 0.247 e. The molecule has 1 atom stereocenters. The number of benzene rings is 1. The van der Waals surface area contributed by atoms with Crippen molar-refractivity contribution < 1.29 is 14.3 Å². The van der Waals surface area contributed by atoms with Crippen LogP contribution >= 0.6 is 0 Å². The molecule has 0 bridgehead atoms. The van der Waals surface area contributed by atoms with E-state index in [-0.39, 0.29) is 11.9 Å². The molecule has 1 saturated heterocycles. The molecular weight excluding hydrogens is 280 g/mol. The molecule has 0 saturated carbocycles. The number of carbonyl (C=O) groups excluding carboxylic acids is 1. The molecule has 5 heteroatoms. The summed E-state index contributed by atoms with van der Waals surface area (Å²) in [5.74, 6) is 0.914. The summed E-state index contributed by atoms with van der Waals surface area (Å²) in [6.45, 7) is 5.24. The summed E-state index contributed by atoms with van der Waals surface area (Å²) < 4.78 is 10.4. The number of likely N-dealkylation sites (tertiary alicyclic amines) is 1. The third-order valence-corrected chi connectivity index (χ3v) is 4.08. The van der Waals surface area contributed by atoms with Crippen LogP contribution in [-0.2, 0) is 9.53 Å². The highest BCUT2D eigenvalue weighted by Gasteiger charge is 2.37. The molecule has 0 aliphatic carbocycles. The lowest BCUT2D eigenvalue weighted by molar-refractivity contribution is -0.136. The zero-order valence-electron chi connectivity index (χ0n) is 13.9. The quantitative estimate of drug-likeness (QED) is 0.877. The van der Waals surface area contributed by atoms with Crippen LogP contribution in [0, 0.1) is 0 Å². The Morgan fingerprint density at radius 3 is 2.59 bits per heavy atom. The number of carbonyl (C=O) groups is 1.